The molecule has 4 rings (SSSR count). The zero-order chi connectivity index (χ0) is 17.3. The fraction of sp³-hybridized carbons (Fsp3) is 0.952. The maximum atomic E-state index is 13.3. The van der Waals surface area contributed by atoms with Crippen LogP contribution >= 0.6 is 0 Å². The van der Waals surface area contributed by atoms with Crippen LogP contribution in [0.2, 0.25) is 0 Å². The van der Waals surface area contributed by atoms with E-state index in [0.29, 0.717) is 30.0 Å². The van der Waals surface area contributed by atoms with E-state index in [-0.39, 0.29) is 34.9 Å². The second-order valence-corrected chi connectivity index (χ2v) is 10.0. The maximum absolute atomic E-state index is 13.3. The molecule has 0 radical (unpaired) electrons. The molecule has 0 amide bonds. The van der Waals surface area contributed by atoms with E-state index in [4.69, 9.17) is 0 Å². The molecule has 0 aromatic heterocycles. The van der Waals surface area contributed by atoms with Crippen molar-refractivity contribution in [2.75, 3.05) is 0 Å². The van der Waals surface area contributed by atoms with E-state index in [1.807, 2.05) is 6.92 Å². The van der Waals surface area contributed by atoms with Gasteiger partial charge < -0.3 is 10.2 Å². The molecule has 4 saturated carbocycles. The van der Waals surface area contributed by atoms with Crippen molar-refractivity contribution in [3.8, 4) is 0 Å². The topological polar surface area (TPSA) is 57.5 Å². The SMILES string of the molecule is CC(O)[C@H]1CC[C@H]2[C@@H]3CCC4CC(O)CC[C@]4(C)[C@H]3C(=O)C[C@]12C. The lowest BCUT2D eigenvalue weighted by Gasteiger charge is -2.60. The standard InChI is InChI=1S/C21H34O3/c1-12(22)16-6-7-17-15-5-4-13-10-14(23)8-9-20(13,2)19(15)18(24)11-21(16,17)3/h12-17,19,22-23H,4-11H2,1-3H3/t12?,13?,14?,15-,16+,17-,19+,20-,21+/m0/s1. The molecule has 2 N–H and O–H groups in total. The molecule has 3 unspecified atom stereocenters. The van der Waals surface area contributed by atoms with Crippen molar-refractivity contribution >= 4 is 5.78 Å². The minimum Gasteiger partial charge on any atom is -0.393 e. The van der Waals surface area contributed by atoms with Gasteiger partial charge in [-0.1, -0.05) is 13.8 Å². The molecule has 3 heteroatoms. The van der Waals surface area contributed by atoms with E-state index < -0.39 is 0 Å². The Morgan fingerprint density at radius 1 is 1.08 bits per heavy atom. The van der Waals surface area contributed by atoms with Gasteiger partial charge in [-0.15, -0.1) is 0 Å². The van der Waals surface area contributed by atoms with Crippen LogP contribution in [0, 0.1) is 40.4 Å². The van der Waals surface area contributed by atoms with E-state index in [9.17, 15) is 15.0 Å². The van der Waals surface area contributed by atoms with Gasteiger partial charge in [0.1, 0.15) is 5.78 Å². The van der Waals surface area contributed by atoms with Gasteiger partial charge in [0.25, 0.3) is 0 Å². The maximum Gasteiger partial charge on any atom is 0.137 e. The fourth-order valence-corrected chi connectivity index (χ4v) is 7.88. The zero-order valence-electron chi connectivity index (χ0n) is 15.5. The van der Waals surface area contributed by atoms with Crippen LogP contribution in [0.1, 0.15) is 72.1 Å². The van der Waals surface area contributed by atoms with E-state index in [0.717, 1.165) is 32.1 Å². The zero-order valence-corrected chi connectivity index (χ0v) is 15.5. The van der Waals surface area contributed by atoms with Gasteiger partial charge >= 0.3 is 0 Å². The highest BCUT2D eigenvalue weighted by molar-refractivity contribution is 5.84. The largest absolute Gasteiger partial charge is 0.393 e. The molecule has 0 spiro atoms. The van der Waals surface area contributed by atoms with Gasteiger partial charge in [-0.05, 0) is 86.4 Å². The van der Waals surface area contributed by atoms with E-state index >= 15 is 0 Å². The highest BCUT2D eigenvalue weighted by Gasteiger charge is 2.63. The quantitative estimate of drug-likeness (QED) is 0.771. The summed E-state index contributed by atoms with van der Waals surface area (Å²) in [6, 6.07) is 0. The number of hydrogen-bond donors (Lipinski definition) is 2. The molecular weight excluding hydrogens is 300 g/mol. The number of rotatable bonds is 1. The molecule has 0 aromatic carbocycles. The smallest absolute Gasteiger partial charge is 0.137 e. The number of carbonyl (C=O) groups is 1. The molecule has 4 fully saturated rings. The summed E-state index contributed by atoms with van der Waals surface area (Å²) in [6.07, 6.45) is 7.56. The van der Waals surface area contributed by atoms with Crippen LogP contribution in [0.4, 0.5) is 0 Å². The van der Waals surface area contributed by atoms with E-state index in [1.54, 1.807) is 0 Å². The summed E-state index contributed by atoms with van der Waals surface area (Å²) < 4.78 is 0. The van der Waals surface area contributed by atoms with Crippen LogP contribution in [0.5, 0.6) is 0 Å². The Morgan fingerprint density at radius 3 is 2.54 bits per heavy atom. The molecule has 0 bridgehead atoms. The number of aliphatic hydroxyl groups excluding tert-OH is 2. The summed E-state index contributed by atoms with van der Waals surface area (Å²) in [4.78, 5) is 13.3. The first-order chi connectivity index (χ1) is 11.3. The third-order valence-electron chi connectivity index (χ3n) is 8.98. The molecule has 3 nitrogen and oxygen atoms in total. The average molecular weight is 335 g/mol. The Kier molecular flexibility index (Phi) is 3.93. The molecule has 0 aliphatic heterocycles. The molecular formula is C21H34O3. The van der Waals surface area contributed by atoms with E-state index in [1.165, 1.54) is 12.8 Å². The van der Waals surface area contributed by atoms with Gasteiger partial charge in [0.2, 0.25) is 0 Å². The predicted octanol–water partition coefficient (Wildman–Crippen LogP) is 3.57. The first-order valence-corrected chi connectivity index (χ1v) is 10.2. The first-order valence-electron chi connectivity index (χ1n) is 10.2. The summed E-state index contributed by atoms with van der Waals surface area (Å²) in [5.41, 5.74) is 0.104. The molecule has 24 heavy (non-hydrogen) atoms. The normalized spacial score (nSPS) is 55.5. The van der Waals surface area contributed by atoms with Crippen molar-refractivity contribution in [1.82, 2.24) is 0 Å². The van der Waals surface area contributed by atoms with Crippen molar-refractivity contribution in [3.63, 3.8) is 0 Å². The monoisotopic (exact) mass is 334 g/mol. The third-order valence-corrected chi connectivity index (χ3v) is 8.98. The summed E-state index contributed by atoms with van der Waals surface area (Å²) in [7, 11) is 0. The number of aliphatic hydroxyl groups is 2. The van der Waals surface area contributed by atoms with Gasteiger partial charge in [0.05, 0.1) is 12.2 Å². The minimum absolute atomic E-state index is 0.00376. The molecule has 4 aliphatic carbocycles. The van der Waals surface area contributed by atoms with Crippen molar-refractivity contribution in [2.24, 2.45) is 40.4 Å². The molecule has 4 aliphatic rings. The van der Waals surface area contributed by atoms with Crippen molar-refractivity contribution in [2.45, 2.75) is 84.3 Å². The Bertz CT molecular complexity index is 529. The van der Waals surface area contributed by atoms with Crippen LogP contribution in [0.25, 0.3) is 0 Å². The van der Waals surface area contributed by atoms with E-state index in [2.05, 4.69) is 13.8 Å². The van der Waals surface area contributed by atoms with Crippen molar-refractivity contribution in [1.29, 1.82) is 0 Å². The van der Waals surface area contributed by atoms with Crippen LogP contribution in [-0.2, 0) is 4.79 Å². The van der Waals surface area contributed by atoms with Crippen LogP contribution in [0.3, 0.4) is 0 Å². The number of ketones is 1. The second kappa shape index (κ2) is 5.54. The number of fused-ring (bicyclic) bond motifs is 5. The first kappa shape index (κ1) is 17.0. The summed E-state index contributed by atoms with van der Waals surface area (Å²) in [5.74, 6) is 2.58. The van der Waals surface area contributed by atoms with Crippen LogP contribution in [0.15, 0.2) is 0 Å². The van der Waals surface area contributed by atoms with Gasteiger partial charge in [-0.3, -0.25) is 4.79 Å². The Morgan fingerprint density at radius 2 is 1.83 bits per heavy atom. The van der Waals surface area contributed by atoms with Gasteiger partial charge in [-0.25, -0.2) is 0 Å². The molecule has 0 saturated heterocycles. The number of hydrogen-bond acceptors (Lipinski definition) is 3. The lowest BCUT2D eigenvalue weighted by atomic mass is 9.44. The summed E-state index contributed by atoms with van der Waals surface area (Å²) >= 11 is 0. The number of carbonyl (C=O) groups excluding carboxylic acids is 1. The lowest BCUT2D eigenvalue weighted by molar-refractivity contribution is -0.163. The van der Waals surface area contributed by atoms with Crippen molar-refractivity contribution in [3.05, 3.63) is 0 Å². The van der Waals surface area contributed by atoms with Crippen molar-refractivity contribution < 1.29 is 15.0 Å². The average Bonchev–Trinajstić information content (AvgIpc) is 2.84. The Hall–Kier alpha value is -0.410. The van der Waals surface area contributed by atoms with Crippen LogP contribution in [-0.4, -0.2) is 28.2 Å². The highest BCUT2D eigenvalue weighted by atomic mass is 16.3. The lowest BCUT2D eigenvalue weighted by Crippen LogP contribution is -2.58. The van der Waals surface area contributed by atoms with Crippen LogP contribution < -0.4 is 0 Å². The minimum atomic E-state index is -0.305. The molecule has 0 heterocycles. The predicted molar refractivity (Wildman–Crippen MR) is 93.3 cm³/mol. The molecule has 136 valence electrons. The second-order valence-electron chi connectivity index (χ2n) is 10.0. The van der Waals surface area contributed by atoms with Gasteiger partial charge in [0, 0.05) is 12.3 Å². The van der Waals surface area contributed by atoms with Gasteiger partial charge in [0.15, 0.2) is 0 Å². The van der Waals surface area contributed by atoms with Gasteiger partial charge in [-0.2, -0.15) is 0 Å². The summed E-state index contributed by atoms with van der Waals surface area (Å²) in [5, 5.41) is 20.4. The molecule has 0 aromatic rings. The fourth-order valence-electron chi connectivity index (χ4n) is 7.88. The number of Topliss-reactive ketones (excluding diaryl/α,β-unsaturated/α-hetero) is 1. The third kappa shape index (κ3) is 2.19. The summed E-state index contributed by atoms with van der Waals surface area (Å²) in [6.45, 7) is 6.55. The highest BCUT2D eigenvalue weighted by Crippen LogP contribution is 2.66. The molecule has 9 atom stereocenters. The Balaban J connectivity index is 1.67. The Labute approximate surface area is 146 Å².